The van der Waals surface area contributed by atoms with Crippen molar-refractivity contribution in [1.82, 2.24) is 0 Å². The molecule has 112 valence electrons. The molecule has 0 N–H and O–H groups in total. The average molecular weight is 307 g/mol. The molecule has 0 radical (unpaired) electrons. The van der Waals surface area contributed by atoms with Crippen LogP contribution >= 0.6 is 0 Å². The molecule has 2 heteroatoms. The van der Waals surface area contributed by atoms with Crippen LogP contribution in [0.5, 0.6) is 0 Å². The monoisotopic (exact) mass is 307 g/mol. The highest BCUT2D eigenvalue weighted by atomic mass is 16.1. The molecule has 0 unspecified atom stereocenters. The number of ketones is 1. The maximum absolute atomic E-state index is 13.1. The zero-order chi connectivity index (χ0) is 16.5. The maximum atomic E-state index is 13.1. The molecule has 0 heterocycles. The lowest BCUT2D eigenvalue weighted by atomic mass is 9.79. The van der Waals surface area contributed by atoms with Crippen molar-refractivity contribution in [3.8, 4) is 17.2 Å². The van der Waals surface area contributed by atoms with Gasteiger partial charge in [-0.2, -0.15) is 5.26 Å². The van der Waals surface area contributed by atoms with E-state index >= 15 is 0 Å². The summed E-state index contributed by atoms with van der Waals surface area (Å²) in [5.74, 6) is -0.0929. The first-order valence-electron chi connectivity index (χ1n) is 7.74. The fourth-order valence-electron chi connectivity index (χ4n) is 3.23. The molecule has 2 nitrogen and oxygen atoms in total. The van der Waals surface area contributed by atoms with E-state index in [1.165, 1.54) is 0 Å². The van der Waals surface area contributed by atoms with Gasteiger partial charge in [0, 0.05) is 11.1 Å². The number of carbonyl (C=O) groups excluding carboxylic acids is 1. The van der Waals surface area contributed by atoms with Gasteiger partial charge in [0.15, 0.2) is 5.78 Å². The number of Topliss-reactive ketones (excluding diaryl/α,β-unsaturated/α-hetero) is 1. The fraction of sp³-hybridized carbons (Fsp3) is 0. The minimum atomic E-state index is -0.0929. The molecule has 24 heavy (non-hydrogen) atoms. The van der Waals surface area contributed by atoms with E-state index in [9.17, 15) is 10.1 Å². The molecule has 0 spiro atoms. The van der Waals surface area contributed by atoms with Gasteiger partial charge in [-0.3, -0.25) is 4.79 Å². The molecule has 0 saturated carbocycles. The molecule has 3 aromatic carbocycles. The molecule has 0 bridgehead atoms. The minimum Gasteiger partial charge on any atom is -0.289 e. The van der Waals surface area contributed by atoms with Gasteiger partial charge < -0.3 is 0 Å². The van der Waals surface area contributed by atoms with Gasteiger partial charge in [0.2, 0.25) is 0 Å². The summed E-state index contributed by atoms with van der Waals surface area (Å²) in [6, 6.07) is 27.0. The normalized spacial score (nSPS) is 14.4. The second-order valence-electron chi connectivity index (χ2n) is 5.65. The van der Waals surface area contributed by atoms with Gasteiger partial charge in [-0.1, -0.05) is 78.9 Å². The number of rotatable bonds is 1. The van der Waals surface area contributed by atoms with Gasteiger partial charge in [-0.25, -0.2) is 0 Å². The molecule has 0 amide bonds. The van der Waals surface area contributed by atoms with Crippen molar-refractivity contribution in [3.05, 3.63) is 95.6 Å². The lowest BCUT2D eigenvalue weighted by molar-refractivity contribution is 0.105. The Morgan fingerprint density at radius 3 is 1.79 bits per heavy atom. The number of nitriles is 1. The van der Waals surface area contributed by atoms with Crippen LogP contribution in [0.2, 0.25) is 0 Å². The largest absolute Gasteiger partial charge is 0.289 e. The summed E-state index contributed by atoms with van der Waals surface area (Å²) in [5.41, 5.74) is 5.05. The van der Waals surface area contributed by atoms with Crippen LogP contribution in [0.25, 0.3) is 22.3 Å². The predicted molar refractivity (Wildman–Crippen MR) is 95.1 cm³/mol. The molecule has 1 aliphatic rings. The molecule has 0 aliphatic heterocycles. The van der Waals surface area contributed by atoms with E-state index < -0.39 is 0 Å². The summed E-state index contributed by atoms with van der Waals surface area (Å²) in [5, 5.41) is 9.76. The molecule has 1 aliphatic carbocycles. The number of allylic oxidation sites excluding steroid dienone is 2. The summed E-state index contributed by atoms with van der Waals surface area (Å²) in [6.07, 6.45) is 0. The first-order chi connectivity index (χ1) is 11.8. The summed E-state index contributed by atoms with van der Waals surface area (Å²) >= 11 is 0. The van der Waals surface area contributed by atoms with Gasteiger partial charge in [0.1, 0.15) is 6.07 Å². The molecule has 0 saturated heterocycles. The Hall–Kier alpha value is -3.44. The fourth-order valence-corrected chi connectivity index (χ4v) is 3.23. The number of nitrogens with zero attached hydrogens (tertiary/aromatic N) is 1. The standard InChI is InChI=1S/C22H13NO/c23-14-20(15-8-2-1-3-9-15)21-18-12-6-4-10-16(18)17-11-5-7-13-19(17)22(21)24/h1-13H/b21-20+. The molecule has 4 rings (SSSR count). The van der Waals surface area contributed by atoms with Gasteiger partial charge in [0.05, 0.1) is 5.57 Å². The number of fused-ring (bicyclic) bond motifs is 3. The van der Waals surface area contributed by atoms with Crippen molar-refractivity contribution in [3.63, 3.8) is 0 Å². The number of carbonyl (C=O) groups is 1. The zero-order valence-electron chi connectivity index (χ0n) is 12.9. The third-order valence-corrected chi connectivity index (χ3v) is 4.31. The lowest BCUT2D eigenvalue weighted by Crippen LogP contribution is -2.13. The highest BCUT2D eigenvalue weighted by Crippen LogP contribution is 2.41. The second kappa shape index (κ2) is 5.64. The van der Waals surface area contributed by atoms with Crippen LogP contribution in [0.1, 0.15) is 21.5 Å². The van der Waals surface area contributed by atoms with E-state index in [1.807, 2.05) is 78.9 Å². The van der Waals surface area contributed by atoms with Crippen LogP contribution in [-0.2, 0) is 0 Å². The Morgan fingerprint density at radius 1 is 0.667 bits per heavy atom. The summed E-state index contributed by atoms with van der Waals surface area (Å²) in [6.45, 7) is 0. The van der Waals surface area contributed by atoms with E-state index in [1.54, 1.807) is 0 Å². The third kappa shape index (κ3) is 2.07. The number of hydrogen-bond donors (Lipinski definition) is 0. The van der Waals surface area contributed by atoms with Crippen LogP contribution in [0, 0.1) is 11.3 Å². The van der Waals surface area contributed by atoms with Crippen LogP contribution in [-0.4, -0.2) is 5.78 Å². The Labute approximate surface area is 140 Å². The van der Waals surface area contributed by atoms with Gasteiger partial charge in [-0.05, 0) is 22.3 Å². The molecular weight excluding hydrogens is 294 g/mol. The Morgan fingerprint density at radius 2 is 1.17 bits per heavy atom. The van der Waals surface area contributed by atoms with Crippen molar-refractivity contribution in [2.75, 3.05) is 0 Å². The number of hydrogen-bond acceptors (Lipinski definition) is 2. The summed E-state index contributed by atoms with van der Waals surface area (Å²) < 4.78 is 0. The lowest BCUT2D eigenvalue weighted by Gasteiger charge is -2.22. The first kappa shape index (κ1) is 14.2. The van der Waals surface area contributed by atoms with Gasteiger partial charge >= 0.3 is 0 Å². The van der Waals surface area contributed by atoms with Crippen LogP contribution in [0.15, 0.2) is 78.9 Å². The topological polar surface area (TPSA) is 40.9 Å². The minimum absolute atomic E-state index is 0.0929. The van der Waals surface area contributed by atoms with Crippen molar-refractivity contribution in [1.29, 1.82) is 5.26 Å². The SMILES string of the molecule is N#C/C(=C1\C(=O)c2ccccc2-c2ccccc21)c1ccccc1. The highest BCUT2D eigenvalue weighted by Gasteiger charge is 2.29. The zero-order valence-corrected chi connectivity index (χ0v) is 12.9. The van der Waals surface area contributed by atoms with Crippen LogP contribution in [0.4, 0.5) is 0 Å². The van der Waals surface area contributed by atoms with Crippen molar-refractivity contribution in [2.24, 2.45) is 0 Å². The maximum Gasteiger partial charge on any atom is 0.195 e. The first-order valence-corrected chi connectivity index (χ1v) is 7.74. The Balaban J connectivity index is 2.09. The van der Waals surface area contributed by atoms with E-state index in [-0.39, 0.29) is 5.78 Å². The predicted octanol–water partition coefficient (Wildman–Crippen LogP) is 4.98. The molecule has 0 fully saturated rings. The average Bonchev–Trinajstić information content (AvgIpc) is 2.66. The van der Waals surface area contributed by atoms with Crippen molar-refractivity contribution in [2.45, 2.75) is 0 Å². The van der Waals surface area contributed by atoms with E-state index in [0.29, 0.717) is 16.7 Å². The van der Waals surface area contributed by atoms with Crippen LogP contribution < -0.4 is 0 Å². The Bertz CT molecular complexity index is 1020. The van der Waals surface area contributed by atoms with Gasteiger partial charge in [0.25, 0.3) is 0 Å². The summed E-state index contributed by atoms with van der Waals surface area (Å²) in [7, 11) is 0. The van der Waals surface area contributed by atoms with Crippen molar-refractivity contribution >= 4 is 16.9 Å². The smallest absolute Gasteiger partial charge is 0.195 e. The van der Waals surface area contributed by atoms with Crippen molar-refractivity contribution < 1.29 is 4.79 Å². The third-order valence-electron chi connectivity index (χ3n) is 4.31. The van der Waals surface area contributed by atoms with Crippen LogP contribution in [0.3, 0.4) is 0 Å². The highest BCUT2D eigenvalue weighted by molar-refractivity contribution is 6.40. The molecule has 3 aromatic rings. The quantitative estimate of drug-likeness (QED) is 0.469. The molecular formula is C22H13NO. The molecule has 0 aromatic heterocycles. The van der Waals surface area contributed by atoms with E-state index in [0.717, 1.165) is 22.3 Å². The number of benzene rings is 3. The van der Waals surface area contributed by atoms with E-state index in [2.05, 4.69) is 6.07 Å². The summed E-state index contributed by atoms with van der Waals surface area (Å²) in [4.78, 5) is 13.1. The molecule has 0 atom stereocenters. The second-order valence-corrected chi connectivity index (χ2v) is 5.65. The van der Waals surface area contributed by atoms with E-state index in [4.69, 9.17) is 0 Å². The Kier molecular flexibility index (Phi) is 3.33. The van der Waals surface area contributed by atoms with Gasteiger partial charge in [-0.15, -0.1) is 0 Å².